The molecule has 94 valence electrons. The number of carboxylic acid groups (broad SMARTS) is 1. The number of aryl methyl sites for hydroxylation is 1. The van der Waals surface area contributed by atoms with Crippen molar-refractivity contribution in [3.8, 4) is 0 Å². The molecule has 0 heterocycles. The fraction of sp³-hybridized carbons (Fsp3) is 0.364. The van der Waals surface area contributed by atoms with Crippen LogP contribution in [0.2, 0.25) is 0 Å². The van der Waals surface area contributed by atoms with Crippen molar-refractivity contribution in [3.63, 3.8) is 0 Å². The van der Waals surface area contributed by atoms with Gasteiger partial charge in [0.25, 0.3) is 0 Å². The van der Waals surface area contributed by atoms with Crippen molar-refractivity contribution in [2.45, 2.75) is 31.2 Å². The van der Waals surface area contributed by atoms with Gasteiger partial charge in [0.1, 0.15) is 6.04 Å². The molecule has 0 aliphatic rings. The molecule has 0 saturated carbocycles. The lowest BCUT2D eigenvalue weighted by atomic mass is 10.2. The van der Waals surface area contributed by atoms with Crippen LogP contribution in [0.3, 0.4) is 0 Å². The molecule has 0 aliphatic heterocycles. The summed E-state index contributed by atoms with van der Waals surface area (Å²) in [5.74, 6) is -1.18. The number of carboxylic acids is 1. The molecule has 0 saturated heterocycles. The highest BCUT2D eigenvalue weighted by Gasteiger charge is 2.24. The molecule has 1 aromatic rings. The molecule has 0 aromatic heterocycles. The average Bonchev–Trinajstić information content (AvgIpc) is 2.26. The zero-order chi connectivity index (χ0) is 13.1. The first-order valence-corrected chi connectivity index (χ1v) is 6.67. The minimum Gasteiger partial charge on any atom is -0.480 e. The summed E-state index contributed by atoms with van der Waals surface area (Å²) in [6, 6.07) is 5.34. The van der Waals surface area contributed by atoms with E-state index in [1.807, 2.05) is 0 Å². The predicted molar refractivity (Wildman–Crippen MR) is 63.2 cm³/mol. The molecule has 1 rings (SSSR count). The van der Waals surface area contributed by atoms with Gasteiger partial charge < -0.3 is 5.11 Å². The third kappa shape index (κ3) is 3.28. The maximum absolute atomic E-state index is 12.0. The zero-order valence-electron chi connectivity index (χ0n) is 9.67. The Bertz CT molecular complexity index is 510. The summed E-state index contributed by atoms with van der Waals surface area (Å²) in [5.41, 5.74) is 0.584. The second kappa shape index (κ2) is 5.29. The topological polar surface area (TPSA) is 83.5 Å². The molecule has 1 atom stereocenters. The first-order valence-electron chi connectivity index (χ1n) is 5.19. The van der Waals surface area contributed by atoms with E-state index in [-0.39, 0.29) is 11.3 Å². The molecule has 0 radical (unpaired) electrons. The number of hydrogen-bond acceptors (Lipinski definition) is 3. The maximum atomic E-state index is 12.0. The maximum Gasteiger partial charge on any atom is 0.321 e. The molecule has 0 amide bonds. The molecule has 1 aromatic carbocycles. The lowest BCUT2D eigenvalue weighted by Crippen LogP contribution is -2.40. The monoisotopic (exact) mass is 257 g/mol. The van der Waals surface area contributed by atoms with Gasteiger partial charge in [-0.15, -0.1) is 0 Å². The molecule has 0 bridgehead atoms. The number of rotatable bonds is 5. The summed E-state index contributed by atoms with van der Waals surface area (Å²) in [7, 11) is -3.78. The smallest absolute Gasteiger partial charge is 0.321 e. The molecular weight excluding hydrogens is 242 g/mol. The second-order valence-corrected chi connectivity index (χ2v) is 5.37. The zero-order valence-corrected chi connectivity index (χ0v) is 10.5. The van der Waals surface area contributed by atoms with E-state index in [2.05, 4.69) is 4.72 Å². The highest BCUT2D eigenvalue weighted by molar-refractivity contribution is 7.89. The fourth-order valence-electron chi connectivity index (χ4n) is 1.42. The van der Waals surface area contributed by atoms with E-state index in [0.717, 1.165) is 0 Å². The largest absolute Gasteiger partial charge is 0.480 e. The van der Waals surface area contributed by atoms with E-state index >= 15 is 0 Å². The number of sulfonamides is 1. The van der Waals surface area contributed by atoms with E-state index in [9.17, 15) is 13.2 Å². The van der Waals surface area contributed by atoms with Gasteiger partial charge in [-0.2, -0.15) is 4.72 Å². The summed E-state index contributed by atoms with van der Waals surface area (Å²) in [4.78, 5) is 10.9. The normalized spacial score (nSPS) is 13.3. The summed E-state index contributed by atoms with van der Waals surface area (Å²) in [5, 5.41) is 8.83. The number of hydrogen-bond donors (Lipinski definition) is 2. The van der Waals surface area contributed by atoms with Gasteiger partial charge in [0.15, 0.2) is 0 Å². The van der Waals surface area contributed by atoms with Crippen molar-refractivity contribution in [1.29, 1.82) is 0 Å². The van der Waals surface area contributed by atoms with Gasteiger partial charge in [-0.1, -0.05) is 25.1 Å². The summed E-state index contributed by atoms with van der Waals surface area (Å²) in [6.07, 6.45) is 0.195. The lowest BCUT2D eigenvalue weighted by molar-refractivity contribution is -0.139. The Morgan fingerprint density at radius 2 is 2.00 bits per heavy atom. The van der Waals surface area contributed by atoms with Crippen molar-refractivity contribution in [2.75, 3.05) is 0 Å². The SMILES string of the molecule is CCC(NS(=O)(=O)c1ccccc1C)C(=O)O. The van der Waals surface area contributed by atoms with Crippen LogP contribution in [0.4, 0.5) is 0 Å². The van der Waals surface area contributed by atoms with Crippen LogP contribution in [0.25, 0.3) is 0 Å². The molecule has 5 nitrogen and oxygen atoms in total. The summed E-state index contributed by atoms with van der Waals surface area (Å²) < 4.78 is 26.1. The molecule has 17 heavy (non-hydrogen) atoms. The van der Waals surface area contributed by atoms with Gasteiger partial charge in [0.05, 0.1) is 4.90 Å². The van der Waals surface area contributed by atoms with Gasteiger partial charge in [0.2, 0.25) is 10.0 Å². The minimum atomic E-state index is -3.78. The van der Waals surface area contributed by atoms with E-state index in [1.165, 1.54) is 6.07 Å². The molecule has 0 fully saturated rings. The number of carbonyl (C=O) groups is 1. The van der Waals surface area contributed by atoms with Crippen molar-refractivity contribution < 1.29 is 18.3 Å². The molecule has 0 aliphatic carbocycles. The second-order valence-electron chi connectivity index (χ2n) is 3.69. The molecular formula is C11H15NO4S. The summed E-state index contributed by atoms with van der Waals surface area (Å²) >= 11 is 0. The van der Waals surface area contributed by atoms with Crippen LogP contribution < -0.4 is 4.72 Å². The van der Waals surface area contributed by atoms with Gasteiger partial charge in [0, 0.05) is 0 Å². The Balaban J connectivity index is 3.05. The van der Waals surface area contributed by atoms with Gasteiger partial charge >= 0.3 is 5.97 Å². The Kier molecular flexibility index (Phi) is 4.25. The fourth-order valence-corrected chi connectivity index (χ4v) is 2.94. The summed E-state index contributed by atoms with van der Waals surface area (Å²) in [6.45, 7) is 3.27. The molecule has 2 N–H and O–H groups in total. The highest BCUT2D eigenvalue weighted by Crippen LogP contribution is 2.14. The first kappa shape index (κ1) is 13.7. The van der Waals surface area contributed by atoms with Crippen LogP contribution in [0.1, 0.15) is 18.9 Å². The van der Waals surface area contributed by atoms with E-state index < -0.39 is 22.0 Å². The molecule has 0 spiro atoms. The third-order valence-electron chi connectivity index (χ3n) is 2.39. The van der Waals surface area contributed by atoms with Crippen molar-refractivity contribution in [1.82, 2.24) is 4.72 Å². The van der Waals surface area contributed by atoms with Crippen molar-refractivity contribution in [2.24, 2.45) is 0 Å². The number of benzene rings is 1. The Morgan fingerprint density at radius 3 is 2.47 bits per heavy atom. The number of aliphatic carboxylic acids is 1. The van der Waals surface area contributed by atoms with Gasteiger partial charge in [-0.25, -0.2) is 8.42 Å². The van der Waals surface area contributed by atoms with Gasteiger partial charge in [-0.05, 0) is 25.0 Å². The van der Waals surface area contributed by atoms with Crippen molar-refractivity contribution >= 4 is 16.0 Å². The standard InChI is InChI=1S/C11H15NO4S/c1-3-9(11(13)14)12-17(15,16)10-7-5-4-6-8(10)2/h4-7,9,12H,3H2,1-2H3,(H,13,14). The van der Waals surface area contributed by atoms with Gasteiger partial charge in [-0.3, -0.25) is 4.79 Å². The van der Waals surface area contributed by atoms with E-state index in [1.54, 1.807) is 32.0 Å². The van der Waals surface area contributed by atoms with Crippen LogP contribution in [-0.4, -0.2) is 25.5 Å². The number of nitrogens with one attached hydrogen (secondary N) is 1. The average molecular weight is 257 g/mol. The highest BCUT2D eigenvalue weighted by atomic mass is 32.2. The van der Waals surface area contributed by atoms with Crippen LogP contribution in [-0.2, 0) is 14.8 Å². The Labute approximate surface area is 101 Å². The lowest BCUT2D eigenvalue weighted by Gasteiger charge is -2.13. The van der Waals surface area contributed by atoms with Crippen LogP contribution in [0, 0.1) is 6.92 Å². The quantitative estimate of drug-likeness (QED) is 0.828. The molecule has 1 unspecified atom stereocenters. The Morgan fingerprint density at radius 1 is 1.41 bits per heavy atom. The van der Waals surface area contributed by atoms with E-state index in [0.29, 0.717) is 5.56 Å². The van der Waals surface area contributed by atoms with Crippen molar-refractivity contribution in [3.05, 3.63) is 29.8 Å². The van der Waals surface area contributed by atoms with Crippen LogP contribution in [0.15, 0.2) is 29.2 Å². The van der Waals surface area contributed by atoms with E-state index in [4.69, 9.17) is 5.11 Å². The molecule has 6 heteroatoms. The third-order valence-corrected chi connectivity index (χ3v) is 4.02. The Hall–Kier alpha value is -1.40. The first-order chi connectivity index (χ1) is 7.88. The predicted octanol–water partition coefficient (Wildman–Crippen LogP) is 1.14. The van der Waals surface area contributed by atoms with Crippen LogP contribution >= 0.6 is 0 Å². The minimum absolute atomic E-state index is 0.111. The van der Waals surface area contributed by atoms with Crippen LogP contribution in [0.5, 0.6) is 0 Å².